The first-order valence-electron chi connectivity index (χ1n) is 8.87. The summed E-state index contributed by atoms with van der Waals surface area (Å²) in [4.78, 5) is 12.3. The zero-order valence-electron chi connectivity index (χ0n) is 13.4. The standard InChI is InChI=1S/C19H28O2/c1-18-9-7-13(20)11-12(18)3-4-14-15-5-6-17(21)19(15,2)10-8-16(14)18/h8,12-15,20H,3-7,9-11H2,1-2H3. The van der Waals surface area contributed by atoms with Crippen molar-refractivity contribution in [3.8, 4) is 0 Å². The van der Waals surface area contributed by atoms with Crippen LogP contribution in [-0.2, 0) is 4.79 Å². The van der Waals surface area contributed by atoms with Crippen LogP contribution in [0.4, 0.5) is 0 Å². The Morgan fingerprint density at radius 1 is 1.14 bits per heavy atom. The van der Waals surface area contributed by atoms with Crippen molar-refractivity contribution in [1.29, 1.82) is 0 Å². The van der Waals surface area contributed by atoms with E-state index in [1.165, 1.54) is 12.8 Å². The van der Waals surface area contributed by atoms with Gasteiger partial charge in [-0.3, -0.25) is 4.79 Å². The fourth-order valence-electron chi connectivity index (χ4n) is 6.29. The van der Waals surface area contributed by atoms with Crippen molar-refractivity contribution in [2.45, 2.75) is 71.3 Å². The summed E-state index contributed by atoms with van der Waals surface area (Å²) in [6.45, 7) is 4.67. The van der Waals surface area contributed by atoms with Crippen LogP contribution in [0, 0.1) is 28.6 Å². The van der Waals surface area contributed by atoms with Gasteiger partial charge in [-0.05, 0) is 68.1 Å². The quantitative estimate of drug-likeness (QED) is 0.687. The monoisotopic (exact) mass is 288 g/mol. The van der Waals surface area contributed by atoms with Crippen molar-refractivity contribution < 1.29 is 9.90 Å². The van der Waals surface area contributed by atoms with Crippen LogP contribution in [0.2, 0.25) is 0 Å². The molecule has 2 heteroatoms. The number of hydrogen-bond donors (Lipinski definition) is 1. The second-order valence-corrected chi connectivity index (χ2v) is 8.58. The van der Waals surface area contributed by atoms with Crippen molar-refractivity contribution in [2.75, 3.05) is 0 Å². The maximum atomic E-state index is 12.3. The van der Waals surface area contributed by atoms with Gasteiger partial charge >= 0.3 is 0 Å². The van der Waals surface area contributed by atoms with E-state index < -0.39 is 0 Å². The van der Waals surface area contributed by atoms with E-state index in [0.717, 1.165) is 38.5 Å². The molecule has 1 N–H and O–H groups in total. The second-order valence-electron chi connectivity index (χ2n) is 8.58. The average Bonchev–Trinajstić information content (AvgIpc) is 2.76. The molecule has 21 heavy (non-hydrogen) atoms. The Morgan fingerprint density at radius 3 is 2.76 bits per heavy atom. The lowest BCUT2D eigenvalue weighted by atomic mass is 9.49. The van der Waals surface area contributed by atoms with Gasteiger partial charge in [-0.2, -0.15) is 0 Å². The maximum absolute atomic E-state index is 12.3. The first-order valence-corrected chi connectivity index (χ1v) is 8.87. The number of carbonyl (C=O) groups excluding carboxylic acids is 1. The topological polar surface area (TPSA) is 37.3 Å². The molecule has 4 aliphatic carbocycles. The van der Waals surface area contributed by atoms with E-state index in [9.17, 15) is 9.90 Å². The maximum Gasteiger partial charge on any atom is 0.139 e. The third-order valence-corrected chi connectivity index (χ3v) is 7.71. The molecule has 4 rings (SSSR count). The molecular formula is C19H28O2. The zero-order chi connectivity index (χ0) is 14.8. The van der Waals surface area contributed by atoms with Gasteiger partial charge in [-0.15, -0.1) is 0 Å². The fraction of sp³-hybridized carbons (Fsp3) is 0.842. The van der Waals surface area contributed by atoms with Crippen LogP contribution >= 0.6 is 0 Å². The molecule has 4 aliphatic rings. The van der Waals surface area contributed by atoms with Gasteiger partial charge in [0.05, 0.1) is 6.10 Å². The highest BCUT2D eigenvalue weighted by Gasteiger charge is 2.56. The Kier molecular flexibility index (Phi) is 2.96. The largest absolute Gasteiger partial charge is 0.393 e. The lowest BCUT2D eigenvalue weighted by Gasteiger charge is -2.55. The van der Waals surface area contributed by atoms with E-state index in [2.05, 4.69) is 19.9 Å². The Morgan fingerprint density at radius 2 is 1.95 bits per heavy atom. The first-order chi connectivity index (χ1) is 9.95. The smallest absolute Gasteiger partial charge is 0.139 e. The number of fused-ring (bicyclic) bond motifs is 5. The van der Waals surface area contributed by atoms with Gasteiger partial charge in [0.25, 0.3) is 0 Å². The highest BCUT2D eigenvalue weighted by Crippen LogP contribution is 2.63. The van der Waals surface area contributed by atoms with E-state index in [-0.39, 0.29) is 11.5 Å². The van der Waals surface area contributed by atoms with Crippen LogP contribution < -0.4 is 0 Å². The summed E-state index contributed by atoms with van der Waals surface area (Å²) in [7, 11) is 0. The van der Waals surface area contributed by atoms with Crippen LogP contribution in [0.1, 0.15) is 65.2 Å². The average molecular weight is 288 g/mol. The summed E-state index contributed by atoms with van der Waals surface area (Å²) in [6.07, 6.45) is 10.8. The fourth-order valence-corrected chi connectivity index (χ4v) is 6.29. The minimum absolute atomic E-state index is 0.0639. The number of ketones is 1. The summed E-state index contributed by atoms with van der Waals surface area (Å²) < 4.78 is 0. The predicted molar refractivity (Wildman–Crippen MR) is 82.7 cm³/mol. The molecule has 0 aliphatic heterocycles. The van der Waals surface area contributed by atoms with Gasteiger partial charge < -0.3 is 5.11 Å². The summed E-state index contributed by atoms with van der Waals surface area (Å²) in [6, 6.07) is 0. The van der Waals surface area contributed by atoms with Crippen molar-refractivity contribution in [1.82, 2.24) is 0 Å². The SMILES string of the molecule is CC12CCC(O)CC1CCC1C2=CCC2(C)C(=O)CCC12. The molecule has 0 amide bonds. The molecule has 0 radical (unpaired) electrons. The van der Waals surface area contributed by atoms with Crippen LogP contribution in [0.5, 0.6) is 0 Å². The van der Waals surface area contributed by atoms with Crippen molar-refractivity contribution >= 4 is 5.78 Å². The lowest BCUT2D eigenvalue weighted by Crippen LogP contribution is -2.48. The number of carbonyl (C=O) groups is 1. The van der Waals surface area contributed by atoms with E-state index in [4.69, 9.17) is 0 Å². The third-order valence-electron chi connectivity index (χ3n) is 7.71. The van der Waals surface area contributed by atoms with Crippen molar-refractivity contribution in [2.24, 2.45) is 28.6 Å². The number of aliphatic hydroxyl groups is 1. The third kappa shape index (κ3) is 1.78. The van der Waals surface area contributed by atoms with E-state index >= 15 is 0 Å². The number of hydrogen-bond acceptors (Lipinski definition) is 2. The summed E-state index contributed by atoms with van der Waals surface area (Å²) in [5.41, 5.74) is 1.91. The molecule has 0 aromatic rings. The molecule has 0 aromatic heterocycles. The predicted octanol–water partition coefficient (Wildman–Crippen LogP) is 3.88. The Labute approximate surface area is 128 Å². The highest BCUT2D eigenvalue weighted by atomic mass is 16.3. The summed E-state index contributed by atoms with van der Waals surface area (Å²) in [5, 5.41) is 10.0. The number of aliphatic hydroxyl groups excluding tert-OH is 1. The van der Waals surface area contributed by atoms with Gasteiger partial charge in [0.1, 0.15) is 5.78 Å². The molecule has 0 aromatic carbocycles. The molecule has 0 bridgehead atoms. The van der Waals surface area contributed by atoms with E-state index in [0.29, 0.717) is 29.0 Å². The molecule has 2 nitrogen and oxygen atoms in total. The number of allylic oxidation sites excluding steroid dienone is 2. The Hall–Kier alpha value is -0.630. The molecular weight excluding hydrogens is 260 g/mol. The van der Waals surface area contributed by atoms with Gasteiger partial charge in [0, 0.05) is 11.8 Å². The summed E-state index contributed by atoms with van der Waals surface area (Å²) >= 11 is 0. The molecule has 0 saturated heterocycles. The Balaban J connectivity index is 1.71. The highest BCUT2D eigenvalue weighted by molar-refractivity contribution is 5.87. The van der Waals surface area contributed by atoms with Crippen LogP contribution in [0.3, 0.4) is 0 Å². The molecule has 3 fully saturated rings. The molecule has 6 unspecified atom stereocenters. The first kappa shape index (κ1) is 14.0. The van der Waals surface area contributed by atoms with Crippen LogP contribution in [-0.4, -0.2) is 17.0 Å². The normalized spacial score (nSPS) is 52.7. The van der Waals surface area contributed by atoms with Crippen molar-refractivity contribution in [3.05, 3.63) is 11.6 Å². The van der Waals surface area contributed by atoms with Gasteiger partial charge in [0.15, 0.2) is 0 Å². The van der Waals surface area contributed by atoms with Gasteiger partial charge in [-0.1, -0.05) is 25.5 Å². The molecule has 0 spiro atoms. The van der Waals surface area contributed by atoms with E-state index in [1.54, 1.807) is 5.57 Å². The Bertz CT molecular complexity index is 508. The molecule has 3 saturated carbocycles. The summed E-state index contributed by atoms with van der Waals surface area (Å²) in [5.74, 6) is 2.40. The lowest BCUT2D eigenvalue weighted by molar-refractivity contribution is -0.127. The van der Waals surface area contributed by atoms with Gasteiger partial charge in [-0.25, -0.2) is 0 Å². The second kappa shape index (κ2) is 4.44. The van der Waals surface area contributed by atoms with Crippen molar-refractivity contribution in [3.63, 3.8) is 0 Å². The van der Waals surface area contributed by atoms with E-state index in [1.807, 2.05) is 0 Å². The zero-order valence-corrected chi connectivity index (χ0v) is 13.4. The number of rotatable bonds is 0. The molecule has 0 heterocycles. The van der Waals surface area contributed by atoms with Crippen LogP contribution in [0.15, 0.2) is 11.6 Å². The van der Waals surface area contributed by atoms with Gasteiger partial charge in [0.2, 0.25) is 0 Å². The molecule has 116 valence electrons. The number of Topliss-reactive ketones (excluding diaryl/α,β-unsaturated/α-hetero) is 1. The van der Waals surface area contributed by atoms with Crippen LogP contribution in [0.25, 0.3) is 0 Å². The minimum atomic E-state index is -0.0814. The molecule has 6 atom stereocenters. The minimum Gasteiger partial charge on any atom is -0.393 e.